The fourth-order valence-corrected chi connectivity index (χ4v) is 3.10. The SMILES string of the molecule is CC(=O)C(F)(F)ON1C(=O)[C@@H](CC(=O)/C(=N\OCC(=O)O)c2csc(N)n2)C1(C)C. The lowest BCUT2D eigenvalue weighted by atomic mass is 9.74. The van der Waals surface area contributed by atoms with Crippen LogP contribution in [-0.2, 0) is 28.9 Å². The lowest BCUT2D eigenvalue weighted by Gasteiger charge is -2.52. The largest absolute Gasteiger partial charge is 0.479 e. The zero-order valence-corrected chi connectivity index (χ0v) is 16.9. The number of ketones is 2. The summed E-state index contributed by atoms with van der Waals surface area (Å²) in [4.78, 5) is 59.3. The molecule has 14 heteroatoms. The van der Waals surface area contributed by atoms with Gasteiger partial charge < -0.3 is 15.7 Å². The molecular weight excluding hydrogens is 430 g/mol. The summed E-state index contributed by atoms with van der Waals surface area (Å²) in [7, 11) is 0. The van der Waals surface area contributed by atoms with Crippen LogP contribution in [0.4, 0.5) is 13.9 Å². The first-order chi connectivity index (χ1) is 13.8. The Labute approximate surface area is 172 Å². The zero-order chi connectivity index (χ0) is 22.9. The third-order valence-corrected chi connectivity index (χ3v) is 4.93. The minimum atomic E-state index is -4.20. The number of rotatable bonds is 10. The second-order valence-corrected chi connectivity index (χ2v) is 7.70. The number of carbonyl (C=O) groups is 4. The van der Waals surface area contributed by atoms with E-state index in [1.807, 2.05) is 0 Å². The van der Waals surface area contributed by atoms with E-state index in [-0.39, 0.29) is 16.5 Å². The second-order valence-electron chi connectivity index (χ2n) is 6.81. The number of thiazole rings is 1. The van der Waals surface area contributed by atoms with Crippen molar-refractivity contribution in [2.75, 3.05) is 12.3 Å². The number of carboxylic acids is 1. The predicted octanol–water partition coefficient (Wildman–Crippen LogP) is 0.840. The summed E-state index contributed by atoms with van der Waals surface area (Å²) in [6.45, 7) is 2.53. The number of Topliss-reactive ketones (excluding diaryl/α,β-unsaturated/α-hetero) is 2. The van der Waals surface area contributed by atoms with Crippen molar-refractivity contribution in [3.8, 4) is 0 Å². The maximum Gasteiger partial charge on any atom is 0.436 e. The number of oxime groups is 1. The molecule has 0 unspecified atom stereocenters. The normalized spacial score (nSPS) is 18.7. The average molecular weight is 448 g/mol. The molecule has 2 heterocycles. The number of carboxylic acid groups (broad SMARTS) is 1. The molecule has 164 valence electrons. The predicted molar refractivity (Wildman–Crippen MR) is 97.4 cm³/mol. The molecule has 0 saturated carbocycles. The Kier molecular flexibility index (Phi) is 6.51. The molecule has 3 N–H and O–H groups in total. The maximum atomic E-state index is 13.5. The highest BCUT2D eigenvalue weighted by atomic mass is 32.1. The second kappa shape index (κ2) is 8.39. The minimum Gasteiger partial charge on any atom is -0.479 e. The van der Waals surface area contributed by atoms with Gasteiger partial charge in [-0.2, -0.15) is 13.6 Å². The van der Waals surface area contributed by atoms with E-state index in [1.54, 1.807) is 0 Å². The molecular formula is C16H18F2N4O7S. The first-order valence-corrected chi connectivity index (χ1v) is 9.23. The van der Waals surface area contributed by atoms with Gasteiger partial charge in [-0.25, -0.2) is 14.8 Å². The summed E-state index contributed by atoms with van der Waals surface area (Å²) < 4.78 is 27.1. The van der Waals surface area contributed by atoms with E-state index in [1.165, 1.54) is 19.2 Å². The number of carbonyl (C=O) groups excluding carboxylic acids is 3. The zero-order valence-electron chi connectivity index (χ0n) is 16.0. The van der Waals surface area contributed by atoms with Crippen molar-refractivity contribution in [3.05, 3.63) is 11.1 Å². The van der Waals surface area contributed by atoms with Gasteiger partial charge in [0.1, 0.15) is 5.69 Å². The molecule has 1 saturated heterocycles. The van der Waals surface area contributed by atoms with Crippen LogP contribution in [0.1, 0.15) is 32.9 Å². The fraction of sp³-hybridized carbons (Fsp3) is 0.500. The lowest BCUT2D eigenvalue weighted by molar-refractivity contribution is -0.368. The Balaban J connectivity index is 2.18. The number of hydroxylamine groups is 2. The number of alkyl halides is 2. The minimum absolute atomic E-state index is 0.00804. The van der Waals surface area contributed by atoms with Crippen LogP contribution < -0.4 is 5.73 Å². The number of nitrogens with zero attached hydrogens (tertiary/aromatic N) is 3. The number of β-lactam (4-membered cyclic amide) rings is 1. The topological polar surface area (TPSA) is 161 Å². The fourth-order valence-electron chi connectivity index (χ4n) is 2.55. The molecule has 1 atom stereocenters. The lowest BCUT2D eigenvalue weighted by Crippen LogP contribution is -2.69. The van der Waals surface area contributed by atoms with Crippen molar-refractivity contribution in [1.29, 1.82) is 0 Å². The van der Waals surface area contributed by atoms with Crippen molar-refractivity contribution < 1.29 is 42.7 Å². The van der Waals surface area contributed by atoms with Crippen LogP contribution in [0.2, 0.25) is 0 Å². The van der Waals surface area contributed by atoms with E-state index in [0.29, 0.717) is 12.0 Å². The Bertz CT molecular complexity index is 915. The van der Waals surface area contributed by atoms with Gasteiger partial charge in [-0.15, -0.1) is 11.3 Å². The van der Waals surface area contributed by atoms with Gasteiger partial charge in [-0.1, -0.05) is 5.16 Å². The van der Waals surface area contributed by atoms with Gasteiger partial charge in [-0.05, 0) is 13.8 Å². The monoisotopic (exact) mass is 448 g/mol. The van der Waals surface area contributed by atoms with E-state index < -0.39 is 54.0 Å². The molecule has 1 aromatic heterocycles. The Hall–Kier alpha value is -3.00. The van der Waals surface area contributed by atoms with Crippen molar-refractivity contribution in [2.45, 2.75) is 38.8 Å². The molecule has 0 aromatic carbocycles. The van der Waals surface area contributed by atoms with Crippen LogP contribution in [0.3, 0.4) is 0 Å². The van der Waals surface area contributed by atoms with Gasteiger partial charge >= 0.3 is 12.1 Å². The molecule has 0 spiro atoms. The molecule has 1 aliphatic heterocycles. The Morgan fingerprint density at radius 1 is 1.43 bits per heavy atom. The van der Waals surface area contributed by atoms with Gasteiger partial charge in [0.05, 0.1) is 11.5 Å². The first kappa shape index (κ1) is 23.3. The molecule has 2 rings (SSSR count). The molecule has 1 aliphatic rings. The first-order valence-electron chi connectivity index (χ1n) is 8.35. The number of halogens is 2. The van der Waals surface area contributed by atoms with Crippen LogP contribution in [0.15, 0.2) is 10.5 Å². The standard InChI is InChI=1S/C16H18F2N4O7S/c1-7(23)16(17,18)29-22-13(27)8(15(22,2)3)4-10(24)12(21-28-5-11(25)26)9-6-30-14(19)20-9/h6,8H,4-5H2,1-3H3,(H2,19,20)(H,25,26)/b21-12-/t8-/m1/s1. The van der Waals surface area contributed by atoms with Crippen molar-refractivity contribution in [1.82, 2.24) is 10.0 Å². The van der Waals surface area contributed by atoms with E-state index in [0.717, 1.165) is 11.3 Å². The molecule has 1 fully saturated rings. The highest BCUT2D eigenvalue weighted by Crippen LogP contribution is 2.42. The van der Waals surface area contributed by atoms with E-state index in [2.05, 4.69) is 19.8 Å². The highest BCUT2D eigenvalue weighted by molar-refractivity contribution is 7.13. The van der Waals surface area contributed by atoms with E-state index in [4.69, 9.17) is 10.8 Å². The van der Waals surface area contributed by atoms with Gasteiger partial charge in [-0.3, -0.25) is 14.4 Å². The van der Waals surface area contributed by atoms with Gasteiger partial charge in [0.25, 0.3) is 5.91 Å². The van der Waals surface area contributed by atoms with Crippen LogP contribution in [0, 0.1) is 5.92 Å². The van der Waals surface area contributed by atoms with Crippen molar-refractivity contribution >= 4 is 45.6 Å². The van der Waals surface area contributed by atoms with E-state index >= 15 is 0 Å². The Morgan fingerprint density at radius 2 is 2.07 bits per heavy atom. The summed E-state index contributed by atoms with van der Waals surface area (Å²) in [6, 6.07) is 0. The summed E-state index contributed by atoms with van der Waals surface area (Å²) in [5, 5.41) is 14.0. The number of amides is 1. The van der Waals surface area contributed by atoms with Gasteiger partial charge in [0.15, 0.2) is 16.6 Å². The Morgan fingerprint density at radius 3 is 2.53 bits per heavy atom. The molecule has 1 aromatic rings. The van der Waals surface area contributed by atoms with Crippen molar-refractivity contribution in [3.63, 3.8) is 0 Å². The number of hydrogen-bond donors (Lipinski definition) is 2. The average Bonchev–Trinajstić information content (AvgIpc) is 3.06. The summed E-state index contributed by atoms with van der Waals surface area (Å²) in [5.74, 6) is -5.68. The van der Waals surface area contributed by atoms with Crippen LogP contribution >= 0.6 is 11.3 Å². The van der Waals surface area contributed by atoms with Crippen LogP contribution in [0.25, 0.3) is 0 Å². The van der Waals surface area contributed by atoms with Gasteiger partial charge in [0.2, 0.25) is 12.4 Å². The smallest absolute Gasteiger partial charge is 0.436 e. The quantitative estimate of drug-likeness (QED) is 0.300. The number of hydrogen-bond acceptors (Lipinski definition) is 10. The van der Waals surface area contributed by atoms with E-state index in [9.17, 15) is 28.0 Å². The summed E-state index contributed by atoms with van der Waals surface area (Å²) >= 11 is 0.990. The number of aromatic nitrogens is 1. The third-order valence-electron chi connectivity index (χ3n) is 4.25. The molecule has 0 bridgehead atoms. The number of nitrogens with two attached hydrogens (primary N) is 1. The molecule has 0 radical (unpaired) electrons. The van der Waals surface area contributed by atoms with Crippen LogP contribution in [-0.4, -0.2) is 62.6 Å². The number of aliphatic carboxylic acids is 1. The molecule has 1 amide bonds. The summed E-state index contributed by atoms with van der Waals surface area (Å²) in [5.41, 5.74) is 3.82. The third kappa shape index (κ3) is 4.76. The summed E-state index contributed by atoms with van der Waals surface area (Å²) in [6.07, 6.45) is -4.68. The maximum absolute atomic E-state index is 13.5. The number of nitrogen functional groups attached to an aromatic ring is 1. The highest BCUT2D eigenvalue weighted by Gasteiger charge is 2.59. The van der Waals surface area contributed by atoms with Gasteiger partial charge in [0, 0.05) is 18.7 Å². The molecule has 30 heavy (non-hydrogen) atoms. The number of anilines is 1. The molecule has 11 nitrogen and oxygen atoms in total. The van der Waals surface area contributed by atoms with Crippen LogP contribution in [0.5, 0.6) is 0 Å². The molecule has 0 aliphatic carbocycles. The van der Waals surface area contributed by atoms with Crippen molar-refractivity contribution in [2.24, 2.45) is 11.1 Å².